The lowest BCUT2D eigenvalue weighted by molar-refractivity contribution is -0.123. The fraction of sp³-hybridized carbons (Fsp3) is 0.222. The Morgan fingerprint density at radius 3 is 2.07 bits per heavy atom. The number of sulfone groups is 1. The zero-order valence-electron chi connectivity index (χ0n) is 14.5. The number of amides is 1. The van der Waals surface area contributed by atoms with Crippen LogP contribution in [0.15, 0.2) is 53.4 Å². The molecular weight excluding hydrogens is 380 g/mol. The lowest BCUT2D eigenvalue weighted by atomic mass is 10.2. The first kappa shape index (κ1) is 20.5. The average Bonchev–Trinajstić information content (AvgIpc) is 2.63. The summed E-state index contributed by atoms with van der Waals surface area (Å²) in [7, 11) is -4.74. The molecule has 0 radical (unpaired) electrons. The van der Waals surface area contributed by atoms with Crippen LogP contribution < -0.4 is 5.32 Å². The number of esters is 1. The normalized spacial score (nSPS) is 12.5. The first-order chi connectivity index (χ1) is 12.6. The highest BCUT2D eigenvalue weighted by molar-refractivity contribution is 7.91. The van der Waals surface area contributed by atoms with Gasteiger partial charge in [-0.15, -0.1) is 0 Å². The number of benzene rings is 2. The van der Waals surface area contributed by atoms with Crippen LogP contribution in [0.2, 0.25) is 0 Å². The number of alkyl halides is 2. The summed E-state index contributed by atoms with van der Waals surface area (Å²) < 4.78 is 52.7. The van der Waals surface area contributed by atoms with Crippen LogP contribution >= 0.6 is 0 Å². The monoisotopic (exact) mass is 397 g/mol. The van der Waals surface area contributed by atoms with E-state index in [4.69, 9.17) is 4.74 Å². The largest absolute Gasteiger partial charge is 0.449 e. The standard InChI is InChI=1S/C18H17F2NO5S/c1-11-3-7-14(8-4-11)21-16(22)12(2)26-17(23)13-5-9-15(10-6-13)27(24,25)18(19)20/h3-10,12,18H,1-2H3,(H,21,22)/t12-/m1/s1. The summed E-state index contributed by atoms with van der Waals surface area (Å²) in [6.45, 7) is 3.27. The zero-order chi connectivity index (χ0) is 20.2. The van der Waals surface area contributed by atoms with Gasteiger partial charge < -0.3 is 10.1 Å². The maximum Gasteiger partial charge on any atom is 0.341 e. The molecule has 0 saturated carbocycles. The maximum atomic E-state index is 12.5. The minimum Gasteiger partial charge on any atom is -0.449 e. The van der Waals surface area contributed by atoms with Crippen molar-refractivity contribution in [2.75, 3.05) is 5.32 Å². The molecule has 0 heterocycles. The number of rotatable bonds is 6. The van der Waals surface area contributed by atoms with Crippen LogP contribution in [0.5, 0.6) is 0 Å². The summed E-state index contributed by atoms with van der Waals surface area (Å²) in [5.41, 5.74) is 1.48. The van der Waals surface area contributed by atoms with Crippen LogP contribution in [0.1, 0.15) is 22.8 Å². The molecule has 0 aliphatic heterocycles. The Hall–Kier alpha value is -2.81. The van der Waals surface area contributed by atoms with E-state index < -0.39 is 38.5 Å². The van der Waals surface area contributed by atoms with Crippen molar-refractivity contribution < 1.29 is 31.5 Å². The van der Waals surface area contributed by atoms with Crippen molar-refractivity contribution in [2.45, 2.75) is 30.6 Å². The van der Waals surface area contributed by atoms with Gasteiger partial charge >= 0.3 is 11.7 Å². The van der Waals surface area contributed by atoms with E-state index in [2.05, 4.69) is 5.32 Å². The molecule has 6 nitrogen and oxygen atoms in total. The summed E-state index contributed by atoms with van der Waals surface area (Å²) in [4.78, 5) is 23.5. The number of carbonyl (C=O) groups is 2. The van der Waals surface area contributed by atoms with Gasteiger partial charge in [-0.25, -0.2) is 13.2 Å². The Kier molecular flexibility index (Phi) is 6.27. The molecule has 1 amide bonds. The number of hydrogen-bond donors (Lipinski definition) is 1. The molecule has 1 atom stereocenters. The fourth-order valence-corrected chi connectivity index (χ4v) is 2.77. The third-order valence-corrected chi connectivity index (χ3v) is 5.02. The second-order valence-corrected chi connectivity index (χ2v) is 7.65. The Morgan fingerprint density at radius 2 is 1.56 bits per heavy atom. The summed E-state index contributed by atoms with van der Waals surface area (Å²) >= 11 is 0. The third-order valence-electron chi connectivity index (χ3n) is 3.63. The van der Waals surface area contributed by atoms with E-state index in [0.29, 0.717) is 5.69 Å². The van der Waals surface area contributed by atoms with E-state index in [0.717, 1.165) is 29.8 Å². The topological polar surface area (TPSA) is 89.5 Å². The first-order valence-corrected chi connectivity index (χ1v) is 9.36. The van der Waals surface area contributed by atoms with Crippen molar-refractivity contribution in [3.63, 3.8) is 0 Å². The molecule has 2 aromatic carbocycles. The average molecular weight is 397 g/mol. The molecule has 0 saturated heterocycles. The van der Waals surface area contributed by atoms with Crippen LogP contribution in [0, 0.1) is 6.92 Å². The van der Waals surface area contributed by atoms with Gasteiger partial charge in [0.1, 0.15) is 0 Å². The van der Waals surface area contributed by atoms with Crippen LogP contribution in [0.4, 0.5) is 14.5 Å². The molecule has 27 heavy (non-hydrogen) atoms. The van der Waals surface area contributed by atoms with Crippen molar-refractivity contribution in [1.82, 2.24) is 0 Å². The maximum absolute atomic E-state index is 12.5. The van der Waals surface area contributed by atoms with Crippen molar-refractivity contribution in [2.24, 2.45) is 0 Å². The van der Waals surface area contributed by atoms with Crippen molar-refractivity contribution >= 4 is 27.4 Å². The summed E-state index contributed by atoms with van der Waals surface area (Å²) in [5, 5.41) is 2.59. The lowest BCUT2D eigenvalue weighted by Crippen LogP contribution is -2.30. The quantitative estimate of drug-likeness (QED) is 0.757. The van der Waals surface area contributed by atoms with E-state index in [1.54, 1.807) is 24.3 Å². The Balaban J connectivity index is 2.01. The second kappa shape index (κ2) is 8.26. The molecule has 0 aliphatic carbocycles. The molecule has 1 N–H and O–H groups in total. The number of ether oxygens (including phenoxy) is 1. The summed E-state index contributed by atoms with van der Waals surface area (Å²) in [5.74, 6) is -4.99. The van der Waals surface area contributed by atoms with Gasteiger partial charge in [0.25, 0.3) is 5.91 Å². The zero-order valence-corrected chi connectivity index (χ0v) is 15.3. The first-order valence-electron chi connectivity index (χ1n) is 7.82. The summed E-state index contributed by atoms with van der Waals surface area (Å²) in [6.07, 6.45) is -1.12. The van der Waals surface area contributed by atoms with Gasteiger partial charge in [0.2, 0.25) is 9.84 Å². The number of nitrogens with one attached hydrogen (secondary N) is 1. The second-order valence-electron chi connectivity index (χ2n) is 5.73. The van der Waals surface area contributed by atoms with Gasteiger partial charge in [-0.05, 0) is 50.2 Å². The molecule has 0 spiro atoms. The van der Waals surface area contributed by atoms with Gasteiger partial charge in [-0.3, -0.25) is 4.79 Å². The van der Waals surface area contributed by atoms with Gasteiger partial charge in [-0.1, -0.05) is 17.7 Å². The van der Waals surface area contributed by atoms with Crippen molar-refractivity contribution in [1.29, 1.82) is 0 Å². The van der Waals surface area contributed by atoms with E-state index >= 15 is 0 Å². The fourth-order valence-electron chi connectivity index (χ4n) is 2.05. The predicted molar refractivity (Wildman–Crippen MR) is 94.3 cm³/mol. The Bertz CT molecular complexity index is 925. The number of anilines is 1. The molecule has 0 aromatic heterocycles. The summed E-state index contributed by atoms with van der Waals surface area (Å²) in [6, 6.07) is 10.9. The van der Waals surface area contributed by atoms with Crippen LogP contribution in [0.25, 0.3) is 0 Å². The number of aryl methyl sites for hydroxylation is 1. The van der Waals surface area contributed by atoms with Gasteiger partial charge in [0.15, 0.2) is 6.10 Å². The third kappa shape index (κ3) is 5.10. The molecule has 2 aromatic rings. The van der Waals surface area contributed by atoms with Crippen molar-refractivity contribution in [3.8, 4) is 0 Å². The molecule has 144 valence electrons. The molecule has 0 fully saturated rings. The predicted octanol–water partition coefficient (Wildman–Crippen LogP) is 3.18. The Labute approximate surface area is 155 Å². The molecule has 2 rings (SSSR count). The molecule has 9 heteroatoms. The number of hydrogen-bond acceptors (Lipinski definition) is 5. The van der Waals surface area contributed by atoms with E-state index in [1.807, 2.05) is 6.92 Å². The molecular formula is C18H17F2NO5S. The SMILES string of the molecule is Cc1ccc(NC(=O)[C@@H](C)OC(=O)c2ccc(S(=O)(=O)C(F)F)cc2)cc1. The number of carbonyl (C=O) groups excluding carboxylic acids is 2. The molecule has 0 aliphatic rings. The van der Waals surface area contributed by atoms with Crippen LogP contribution in [0.3, 0.4) is 0 Å². The minimum absolute atomic E-state index is 0.0711. The molecule has 0 unspecified atom stereocenters. The number of halogens is 2. The van der Waals surface area contributed by atoms with E-state index in [-0.39, 0.29) is 5.56 Å². The van der Waals surface area contributed by atoms with Gasteiger partial charge in [0.05, 0.1) is 10.5 Å². The van der Waals surface area contributed by atoms with Gasteiger partial charge in [0, 0.05) is 5.69 Å². The Morgan fingerprint density at radius 1 is 1.00 bits per heavy atom. The molecule has 0 bridgehead atoms. The van der Waals surface area contributed by atoms with Gasteiger partial charge in [-0.2, -0.15) is 8.78 Å². The van der Waals surface area contributed by atoms with E-state index in [1.165, 1.54) is 6.92 Å². The smallest absolute Gasteiger partial charge is 0.341 e. The highest BCUT2D eigenvalue weighted by Crippen LogP contribution is 2.19. The lowest BCUT2D eigenvalue weighted by Gasteiger charge is -2.14. The highest BCUT2D eigenvalue weighted by atomic mass is 32.2. The van der Waals surface area contributed by atoms with Crippen molar-refractivity contribution in [3.05, 3.63) is 59.7 Å². The van der Waals surface area contributed by atoms with E-state index in [9.17, 15) is 26.8 Å². The highest BCUT2D eigenvalue weighted by Gasteiger charge is 2.27. The van der Waals surface area contributed by atoms with Crippen LogP contribution in [-0.4, -0.2) is 32.2 Å². The minimum atomic E-state index is -4.74. The van der Waals surface area contributed by atoms with Crippen LogP contribution in [-0.2, 0) is 19.4 Å².